The first kappa shape index (κ1) is 20.8. The molecule has 2 aromatic heterocycles. The highest BCUT2D eigenvalue weighted by atomic mass is 32.1. The van der Waals surface area contributed by atoms with Crippen molar-refractivity contribution in [3.63, 3.8) is 0 Å². The van der Waals surface area contributed by atoms with Gasteiger partial charge in [-0.25, -0.2) is 9.67 Å². The molecule has 3 heterocycles. The molecular formula is C23H30N6S. The molecule has 0 unspecified atom stereocenters. The summed E-state index contributed by atoms with van der Waals surface area (Å²) in [4.78, 5) is 9.19. The number of hydrogen-bond acceptors (Lipinski definition) is 5. The third-order valence-corrected chi connectivity index (χ3v) is 6.21. The maximum atomic E-state index is 5.68. The zero-order valence-electron chi connectivity index (χ0n) is 18.2. The van der Waals surface area contributed by atoms with Crippen LogP contribution in [0, 0.1) is 4.77 Å². The molecule has 6 nitrogen and oxygen atoms in total. The van der Waals surface area contributed by atoms with E-state index in [9.17, 15) is 0 Å². The standard InChI is InChI=1S/C23H30N6S/c1-23(2,3)19-10-8-18(9-11-19)21-25-29(22(30)26(21)4)17-27-13-15-28(16-14-27)20-7-5-6-12-24-20/h5-12H,13-17H2,1-4H3. The number of anilines is 1. The lowest BCUT2D eigenvalue weighted by Crippen LogP contribution is -2.47. The minimum Gasteiger partial charge on any atom is -0.354 e. The summed E-state index contributed by atoms with van der Waals surface area (Å²) < 4.78 is 4.70. The molecule has 0 spiro atoms. The number of rotatable bonds is 4. The lowest BCUT2D eigenvalue weighted by atomic mass is 9.87. The van der Waals surface area contributed by atoms with Gasteiger partial charge < -0.3 is 9.47 Å². The summed E-state index contributed by atoms with van der Waals surface area (Å²) in [6.45, 7) is 11.2. The first-order chi connectivity index (χ1) is 14.3. The third-order valence-electron chi connectivity index (χ3n) is 5.73. The molecule has 30 heavy (non-hydrogen) atoms. The van der Waals surface area contributed by atoms with Crippen molar-refractivity contribution in [3.05, 3.63) is 59.0 Å². The van der Waals surface area contributed by atoms with Crippen LogP contribution in [0.25, 0.3) is 11.4 Å². The molecule has 3 aromatic rings. The zero-order chi connectivity index (χ0) is 21.3. The minimum absolute atomic E-state index is 0.140. The van der Waals surface area contributed by atoms with Gasteiger partial charge in [0.2, 0.25) is 0 Å². The largest absolute Gasteiger partial charge is 0.354 e. The van der Waals surface area contributed by atoms with Crippen LogP contribution in [0.3, 0.4) is 0 Å². The molecule has 0 saturated carbocycles. The summed E-state index contributed by atoms with van der Waals surface area (Å²) in [5, 5.41) is 4.85. The number of piperazine rings is 1. The Labute approximate surface area is 183 Å². The van der Waals surface area contributed by atoms with Crippen LogP contribution in [0.2, 0.25) is 0 Å². The van der Waals surface area contributed by atoms with Gasteiger partial charge in [0.05, 0.1) is 6.67 Å². The van der Waals surface area contributed by atoms with Gasteiger partial charge in [-0.05, 0) is 35.3 Å². The third kappa shape index (κ3) is 4.32. The lowest BCUT2D eigenvalue weighted by molar-refractivity contribution is 0.194. The molecule has 1 aliphatic rings. The quantitative estimate of drug-likeness (QED) is 0.593. The van der Waals surface area contributed by atoms with Gasteiger partial charge in [0.1, 0.15) is 5.82 Å². The van der Waals surface area contributed by atoms with Crippen LogP contribution in [0.15, 0.2) is 48.7 Å². The van der Waals surface area contributed by atoms with Crippen molar-refractivity contribution in [1.29, 1.82) is 0 Å². The monoisotopic (exact) mass is 422 g/mol. The Morgan fingerprint density at radius 1 is 0.967 bits per heavy atom. The molecule has 0 atom stereocenters. The summed E-state index contributed by atoms with van der Waals surface area (Å²) in [6, 6.07) is 14.7. The summed E-state index contributed by atoms with van der Waals surface area (Å²) >= 11 is 5.68. The van der Waals surface area contributed by atoms with E-state index in [4.69, 9.17) is 17.3 Å². The fraction of sp³-hybridized carbons (Fsp3) is 0.435. The van der Waals surface area contributed by atoms with Gasteiger partial charge in [-0.15, -0.1) is 0 Å². The van der Waals surface area contributed by atoms with E-state index in [1.807, 2.05) is 34.6 Å². The highest BCUT2D eigenvalue weighted by molar-refractivity contribution is 7.71. The van der Waals surface area contributed by atoms with Gasteiger partial charge in [-0.1, -0.05) is 51.1 Å². The Morgan fingerprint density at radius 3 is 2.27 bits per heavy atom. The predicted octanol–water partition coefficient (Wildman–Crippen LogP) is 4.09. The van der Waals surface area contributed by atoms with Gasteiger partial charge in [0, 0.05) is 45.0 Å². The van der Waals surface area contributed by atoms with Crippen LogP contribution in [0.4, 0.5) is 5.82 Å². The number of aromatic nitrogens is 4. The van der Waals surface area contributed by atoms with Gasteiger partial charge in [-0.2, -0.15) is 5.10 Å². The highest BCUT2D eigenvalue weighted by Gasteiger charge is 2.20. The summed E-state index contributed by atoms with van der Waals surface area (Å²) in [7, 11) is 2.00. The lowest BCUT2D eigenvalue weighted by Gasteiger charge is -2.35. The van der Waals surface area contributed by atoms with Crippen LogP contribution in [0.5, 0.6) is 0 Å². The Bertz CT molecular complexity index is 1040. The molecule has 0 N–H and O–H groups in total. The normalized spacial score (nSPS) is 15.5. The molecule has 1 saturated heterocycles. The molecule has 0 bridgehead atoms. The molecule has 158 valence electrons. The van der Waals surface area contributed by atoms with Crippen LogP contribution >= 0.6 is 12.2 Å². The molecule has 4 rings (SSSR count). The van der Waals surface area contributed by atoms with E-state index in [0.29, 0.717) is 6.67 Å². The van der Waals surface area contributed by atoms with E-state index in [2.05, 4.69) is 65.9 Å². The number of pyridine rings is 1. The van der Waals surface area contributed by atoms with E-state index >= 15 is 0 Å². The number of benzene rings is 1. The van der Waals surface area contributed by atoms with E-state index in [1.165, 1.54) is 5.56 Å². The number of hydrogen-bond donors (Lipinski definition) is 0. The fourth-order valence-corrected chi connectivity index (χ4v) is 3.98. The molecule has 7 heteroatoms. The van der Waals surface area contributed by atoms with E-state index in [-0.39, 0.29) is 5.41 Å². The van der Waals surface area contributed by atoms with Crippen LogP contribution in [0.1, 0.15) is 26.3 Å². The van der Waals surface area contributed by atoms with Crippen LogP contribution in [-0.2, 0) is 19.1 Å². The van der Waals surface area contributed by atoms with Crippen molar-refractivity contribution in [2.24, 2.45) is 7.05 Å². The molecule has 1 aromatic carbocycles. The second-order valence-electron chi connectivity index (χ2n) is 8.93. The number of nitrogens with zero attached hydrogens (tertiary/aromatic N) is 6. The first-order valence-corrected chi connectivity index (χ1v) is 10.9. The predicted molar refractivity (Wildman–Crippen MR) is 124 cm³/mol. The van der Waals surface area contributed by atoms with Gasteiger partial charge in [-0.3, -0.25) is 4.90 Å². The van der Waals surface area contributed by atoms with Crippen LogP contribution in [-0.4, -0.2) is 50.4 Å². The fourth-order valence-electron chi connectivity index (χ4n) is 3.80. The molecular weight excluding hydrogens is 392 g/mol. The zero-order valence-corrected chi connectivity index (χ0v) is 19.1. The molecule has 1 fully saturated rings. The summed E-state index contributed by atoms with van der Waals surface area (Å²) in [5.41, 5.74) is 2.55. The van der Waals surface area contributed by atoms with Gasteiger partial charge in [0.15, 0.2) is 10.6 Å². The molecule has 0 aliphatic carbocycles. The Balaban J connectivity index is 1.46. The second-order valence-corrected chi connectivity index (χ2v) is 9.29. The van der Waals surface area contributed by atoms with Crippen LogP contribution < -0.4 is 4.90 Å². The topological polar surface area (TPSA) is 42.1 Å². The second kappa shape index (κ2) is 8.32. The average Bonchev–Trinajstić information content (AvgIpc) is 3.03. The molecule has 0 radical (unpaired) electrons. The average molecular weight is 423 g/mol. The first-order valence-electron chi connectivity index (χ1n) is 10.5. The van der Waals surface area contributed by atoms with E-state index in [0.717, 1.165) is 48.2 Å². The minimum atomic E-state index is 0.140. The van der Waals surface area contributed by atoms with E-state index < -0.39 is 0 Å². The summed E-state index contributed by atoms with van der Waals surface area (Å²) in [5.74, 6) is 1.96. The van der Waals surface area contributed by atoms with Crippen molar-refractivity contribution < 1.29 is 0 Å². The summed E-state index contributed by atoms with van der Waals surface area (Å²) in [6.07, 6.45) is 1.85. The van der Waals surface area contributed by atoms with Crippen molar-refractivity contribution in [1.82, 2.24) is 24.2 Å². The van der Waals surface area contributed by atoms with Crippen molar-refractivity contribution in [3.8, 4) is 11.4 Å². The molecule has 1 aliphatic heterocycles. The Kier molecular flexibility index (Phi) is 5.75. The van der Waals surface area contributed by atoms with Crippen molar-refractivity contribution in [2.45, 2.75) is 32.9 Å². The maximum absolute atomic E-state index is 5.68. The SMILES string of the molecule is Cn1c(-c2ccc(C(C)(C)C)cc2)nn(CN2CCN(c3ccccn3)CC2)c1=S. The smallest absolute Gasteiger partial charge is 0.199 e. The Morgan fingerprint density at radius 2 is 1.67 bits per heavy atom. The molecule has 0 amide bonds. The van der Waals surface area contributed by atoms with Crippen molar-refractivity contribution in [2.75, 3.05) is 31.1 Å². The van der Waals surface area contributed by atoms with Gasteiger partial charge in [0.25, 0.3) is 0 Å². The maximum Gasteiger partial charge on any atom is 0.199 e. The van der Waals surface area contributed by atoms with Crippen molar-refractivity contribution >= 4 is 18.0 Å². The Hall–Kier alpha value is -2.51. The highest BCUT2D eigenvalue weighted by Crippen LogP contribution is 2.25. The van der Waals surface area contributed by atoms with E-state index in [1.54, 1.807) is 0 Å². The van der Waals surface area contributed by atoms with Gasteiger partial charge >= 0.3 is 0 Å².